The average Bonchev–Trinajstić information content (AvgIpc) is 2.61. The van der Waals surface area contributed by atoms with E-state index in [1.165, 1.54) is 7.11 Å². The Bertz CT molecular complexity index is 720. The number of methoxy groups -OCH3 is 1. The largest absolute Gasteiger partial charge is 0.482 e. The van der Waals surface area contributed by atoms with E-state index >= 15 is 0 Å². The van der Waals surface area contributed by atoms with Crippen molar-refractivity contribution < 1.29 is 14.3 Å². The lowest BCUT2D eigenvalue weighted by atomic mass is 10.2. The van der Waals surface area contributed by atoms with Gasteiger partial charge in [-0.05, 0) is 42.0 Å². The molecule has 0 atom stereocenters. The number of anilines is 1. The van der Waals surface area contributed by atoms with Crippen LogP contribution in [0.1, 0.15) is 5.56 Å². The van der Waals surface area contributed by atoms with Crippen molar-refractivity contribution in [1.82, 2.24) is 5.43 Å². The fraction of sp³-hybridized carbons (Fsp3) is 0.118. The first-order valence-corrected chi connectivity index (χ1v) is 7.53. The number of thiocarbonyl (C=S) groups is 1. The Morgan fingerprint density at radius 2 is 2.00 bits per heavy atom. The predicted octanol–water partition coefficient (Wildman–Crippen LogP) is 2.56. The number of hydrogen-bond acceptors (Lipinski definition) is 5. The second kappa shape index (κ2) is 9.26. The lowest BCUT2D eigenvalue weighted by molar-refractivity contribution is -0.142. The molecule has 24 heavy (non-hydrogen) atoms. The summed E-state index contributed by atoms with van der Waals surface area (Å²) in [5.74, 6) is 0.113. The topological polar surface area (TPSA) is 72.0 Å². The number of benzene rings is 2. The van der Waals surface area contributed by atoms with E-state index in [0.717, 1.165) is 11.3 Å². The lowest BCUT2D eigenvalue weighted by Crippen LogP contribution is -2.23. The molecule has 0 heterocycles. The second-order valence-electron chi connectivity index (χ2n) is 4.63. The zero-order valence-electron chi connectivity index (χ0n) is 13.1. The molecular weight excluding hydrogens is 326 g/mol. The Hall–Kier alpha value is -2.93. The Morgan fingerprint density at radius 1 is 1.21 bits per heavy atom. The van der Waals surface area contributed by atoms with E-state index in [2.05, 4.69) is 20.6 Å². The molecular formula is C17H17N3O3S. The van der Waals surface area contributed by atoms with Crippen molar-refractivity contribution in [3.05, 3.63) is 60.2 Å². The van der Waals surface area contributed by atoms with Gasteiger partial charge >= 0.3 is 5.97 Å². The highest BCUT2D eigenvalue weighted by Gasteiger charge is 2.02. The third-order valence-electron chi connectivity index (χ3n) is 2.85. The Kier molecular flexibility index (Phi) is 6.73. The Morgan fingerprint density at radius 3 is 2.75 bits per heavy atom. The van der Waals surface area contributed by atoms with Crippen LogP contribution in [-0.4, -0.2) is 31.0 Å². The normalized spacial score (nSPS) is 10.2. The maximum absolute atomic E-state index is 11.1. The van der Waals surface area contributed by atoms with Crippen molar-refractivity contribution in [1.29, 1.82) is 0 Å². The molecule has 0 aromatic heterocycles. The number of carbonyl (C=O) groups is 1. The van der Waals surface area contributed by atoms with Gasteiger partial charge in [0.1, 0.15) is 5.75 Å². The van der Waals surface area contributed by atoms with Gasteiger partial charge in [-0.2, -0.15) is 5.10 Å². The van der Waals surface area contributed by atoms with Crippen molar-refractivity contribution in [3.8, 4) is 5.75 Å². The highest BCUT2D eigenvalue weighted by Crippen LogP contribution is 2.12. The van der Waals surface area contributed by atoms with Crippen LogP contribution in [0.25, 0.3) is 0 Å². The summed E-state index contributed by atoms with van der Waals surface area (Å²) in [7, 11) is 1.31. The molecule has 2 aromatic carbocycles. The number of hydrazone groups is 1. The molecule has 0 bridgehead atoms. The van der Waals surface area contributed by atoms with Crippen LogP contribution < -0.4 is 15.5 Å². The summed E-state index contributed by atoms with van der Waals surface area (Å²) < 4.78 is 9.83. The third kappa shape index (κ3) is 6.05. The minimum absolute atomic E-state index is 0.138. The molecule has 124 valence electrons. The highest BCUT2D eigenvalue weighted by molar-refractivity contribution is 7.80. The van der Waals surface area contributed by atoms with Crippen LogP contribution in [0.2, 0.25) is 0 Å². The summed E-state index contributed by atoms with van der Waals surface area (Å²) in [6.45, 7) is -0.138. The molecule has 0 spiro atoms. The molecule has 0 aliphatic heterocycles. The molecule has 0 fully saturated rings. The van der Waals surface area contributed by atoms with E-state index in [1.807, 2.05) is 36.4 Å². The Balaban J connectivity index is 1.85. The van der Waals surface area contributed by atoms with Crippen molar-refractivity contribution in [2.75, 3.05) is 19.0 Å². The summed E-state index contributed by atoms with van der Waals surface area (Å²) in [5, 5.41) is 7.46. The molecule has 0 amide bonds. The number of ether oxygens (including phenoxy) is 2. The summed E-state index contributed by atoms with van der Waals surface area (Å²) in [5.41, 5.74) is 4.41. The van der Waals surface area contributed by atoms with Crippen molar-refractivity contribution in [2.24, 2.45) is 5.10 Å². The van der Waals surface area contributed by atoms with E-state index in [1.54, 1.807) is 24.4 Å². The van der Waals surface area contributed by atoms with Gasteiger partial charge in [0.25, 0.3) is 0 Å². The molecule has 0 unspecified atom stereocenters. The van der Waals surface area contributed by atoms with Crippen molar-refractivity contribution >= 4 is 35.2 Å². The fourth-order valence-corrected chi connectivity index (χ4v) is 1.90. The van der Waals surface area contributed by atoms with Crippen LogP contribution in [0.5, 0.6) is 5.75 Å². The molecule has 0 aliphatic rings. The highest BCUT2D eigenvalue weighted by atomic mass is 32.1. The minimum atomic E-state index is -0.437. The van der Waals surface area contributed by atoms with Gasteiger partial charge in [0.05, 0.1) is 13.3 Å². The number of para-hydroxylation sites is 1. The molecule has 2 aromatic rings. The maximum atomic E-state index is 11.1. The lowest BCUT2D eigenvalue weighted by Gasteiger charge is -2.07. The Labute approximate surface area is 145 Å². The number of carbonyl (C=O) groups excluding carboxylic acids is 1. The van der Waals surface area contributed by atoms with Crippen LogP contribution in [-0.2, 0) is 9.53 Å². The predicted molar refractivity (Wildman–Crippen MR) is 97.3 cm³/mol. The quantitative estimate of drug-likeness (QED) is 0.363. The molecule has 2 rings (SSSR count). The molecule has 0 saturated heterocycles. The standard InChI is InChI=1S/C17H17N3O3S/c1-22-16(21)12-23-15-9-5-6-13(10-15)11-18-20-17(24)19-14-7-3-2-4-8-14/h2-11H,12H2,1H3,(H2,19,20,24)/b18-11-. The number of esters is 1. The molecule has 0 aliphatic carbocycles. The fourth-order valence-electron chi connectivity index (χ4n) is 1.73. The minimum Gasteiger partial charge on any atom is -0.482 e. The van der Waals surface area contributed by atoms with Crippen LogP contribution in [0.15, 0.2) is 59.7 Å². The van der Waals surface area contributed by atoms with E-state index in [9.17, 15) is 4.79 Å². The van der Waals surface area contributed by atoms with Crippen molar-refractivity contribution in [3.63, 3.8) is 0 Å². The van der Waals surface area contributed by atoms with Gasteiger partial charge in [-0.25, -0.2) is 4.79 Å². The summed E-state index contributed by atoms with van der Waals surface area (Å²) in [4.78, 5) is 11.1. The average molecular weight is 343 g/mol. The number of nitrogens with one attached hydrogen (secondary N) is 2. The first-order valence-electron chi connectivity index (χ1n) is 7.12. The van der Waals surface area contributed by atoms with E-state index in [-0.39, 0.29) is 6.61 Å². The van der Waals surface area contributed by atoms with E-state index in [4.69, 9.17) is 17.0 Å². The molecule has 7 heteroatoms. The summed E-state index contributed by atoms with van der Waals surface area (Å²) in [6.07, 6.45) is 1.60. The van der Waals surface area contributed by atoms with Crippen LogP contribution >= 0.6 is 12.2 Å². The van der Waals surface area contributed by atoms with Crippen molar-refractivity contribution in [2.45, 2.75) is 0 Å². The SMILES string of the molecule is COC(=O)COc1cccc(/C=N\NC(=S)Nc2ccccc2)c1. The maximum Gasteiger partial charge on any atom is 0.343 e. The van der Waals surface area contributed by atoms with E-state index in [0.29, 0.717) is 10.9 Å². The van der Waals surface area contributed by atoms with Crippen LogP contribution in [0.4, 0.5) is 5.69 Å². The monoisotopic (exact) mass is 343 g/mol. The number of rotatable bonds is 6. The van der Waals surface area contributed by atoms with Gasteiger partial charge in [0, 0.05) is 5.69 Å². The van der Waals surface area contributed by atoms with Gasteiger partial charge in [0.2, 0.25) is 0 Å². The first-order chi connectivity index (χ1) is 11.7. The zero-order valence-corrected chi connectivity index (χ0v) is 13.9. The van der Waals surface area contributed by atoms with Gasteiger partial charge in [-0.3, -0.25) is 5.43 Å². The molecule has 0 radical (unpaired) electrons. The summed E-state index contributed by atoms with van der Waals surface area (Å²) >= 11 is 5.15. The van der Waals surface area contributed by atoms with Gasteiger partial charge in [-0.15, -0.1) is 0 Å². The van der Waals surface area contributed by atoms with Crippen LogP contribution in [0, 0.1) is 0 Å². The number of hydrogen-bond donors (Lipinski definition) is 2. The second-order valence-corrected chi connectivity index (χ2v) is 5.04. The van der Waals surface area contributed by atoms with Crippen LogP contribution in [0.3, 0.4) is 0 Å². The van der Waals surface area contributed by atoms with E-state index < -0.39 is 5.97 Å². The first kappa shape index (κ1) is 17.4. The third-order valence-corrected chi connectivity index (χ3v) is 3.05. The summed E-state index contributed by atoms with van der Waals surface area (Å²) in [6, 6.07) is 16.7. The number of nitrogens with zero attached hydrogens (tertiary/aromatic N) is 1. The van der Waals surface area contributed by atoms with Gasteiger partial charge in [0.15, 0.2) is 11.7 Å². The molecule has 0 saturated carbocycles. The van der Waals surface area contributed by atoms with Gasteiger partial charge in [-0.1, -0.05) is 30.3 Å². The molecule has 6 nitrogen and oxygen atoms in total. The molecule has 2 N–H and O–H groups in total. The zero-order chi connectivity index (χ0) is 17.2. The van der Waals surface area contributed by atoms with Gasteiger partial charge < -0.3 is 14.8 Å². The smallest absolute Gasteiger partial charge is 0.343 e.